The molecule has 27 aliphatic rings. The Kier molecular flexibility index (Phi) is 47.6. The number of carbonyl (C=O) groups excluding carboxylic acids is 8. The van der Waals surface area contributed by atoms with Crippen LogP contribution in [0.5, 0.6) is 0 Å². The summed E-state index contributed by atoms with van der Waals surface area (Å²) < 4.78 is 102. The monoisotopic (exact) mass is 2050 g/mol. The predicted molar refractivity (Wildman–Crippen MR) is 474 cm³/mol. The second-order valence-corrected chi connectivity index (χ2v) is 40.2. The molecule has 27 aliphatic heterocycles. The second-order valence-electron chi connectivity index (χ2n) is 31.9. The van der Waals surface area contributed by atoms with Crippen molar-refractivity contribution < 1.29 is 196 Å². The minimum Gasteiger partial charge on any atom is -0.390 e. The van der Waals surface area contributed by atoms with Gasteiger partial charge in [-0.3, -0.25) is 38.4 Å². The first-order valence-electron chi connectivity index (χ1n) is 42.6. The normalized spacial score (nSPS) is 40.8. The van der Waals surface area contributed by atoms with Gasteiger partial charge in [0, 0.05) is 115 Å². The maximum absolute atomic E-state index is 12.8. The number of aliphatic hydroxyl groups is 16. The number of carbonyl (C=O) groups is 8. The topological polar surface area (TPSA) is 704 Å². The zero-order chi connectivity index (χ0) is 96.5. The Morgan fingerprint density at radius 1 is 0.212 bits per heavy atom. The Morgan fingerprint density at radius 2 is 0.371 bits per heavy atom. The van der Waals surface area contributed by atoms with E-state index in [4.69, 9.17) is 75.8 Å². The van der Waals surface area contributed by atoms with Crippen molar-refractivity contribution in [2.75, 3.05) is 155 Å². The minimum atomic E-state index is -2.26. The van der Waals surface area contributed by atoms with Gasteiger partial charge in [0.25, 0.3) is 0 Å². The number of thioether (sulfide) groups is 8. The van der Waals surface area contributed by atoms with Gasteiger partial charge in [-0.2, -0.15) is 0 Å². The Labute approximate surface area is 794 Å². The Balaban J connectivity index is 1.09. The lowest BCUT2D eigenvalue weighted by molar-refractivity contribution is -0.391. The molecule has 0 aromatic rings. The highest BCUT2D eigenvalue weighted by atomic mass is 32.2. The first-order valence-corrected chi connectivity index (χ1v) is 51.9. The zero-order valence-corrected chi connectivity index (χ0v) is 80.0. The van der Waals surface area contributed by atoms with Crippen LogP contribution in [0.2, 0.25) is 0 Å². The summed E-state index contributed by atoms with van der Waals surface area (Å²) in [4.78, 5) is 102. The van der Waals surface area contributed by atoms with E-state index in [2.05, 4.69) is 42.5 Å². The van der Waals surface area contributed by atoms with Gasteiger partial charge in [-0.05, 0) is 12.8 Å². The molecule has 0 saturated carbocycles. The van der Waals surface area contributed by atoms with Gasteiger partial charge in [-0.15, -0.1) is 94.1 Å². The number of hydrogen-bond acceptors (Lipinski definition) is 48. The number of aliphatic hydroxyl groups excluding tert-OH is 16. The summed E-state index contributed by atoms with van der Waals surface area (Å²) in [5.41, 5.74) is 0. The predicted octanol–water partition coefficient (Wildman–Crippen LogP) is -12.1. The SMILES string of the molecule is CNC(=O)CSCC1OC2OC3C(CSCC(=O)NC)OC(OC4C(CSCC(=O)NC)OC(OC5C(CSCC(=O)NC)OC(OC6C(CSCC(=O)NC)OC(OC7C(CSCC(=O)NC)OC(OC8C(CSCC(=O)NC)OC(OC9C(CSCC(=O)NC)OC(OCCCCC1C(O)C2O)C(O)C9O)C(O)C8O)C(O)C7O)C(O)C6O)C(O)C5O)C(O)C4O)C(O)C3O. The Hall–Kier alpha value is -2.72. The molecule has 27 fully saturated rings. The molecule has 760 valence electrons. The summed E-state index contributed by atoms with van der Waals surface area (Å²) in [6.07, 6.45) is -73.3. The van der Waals surface area contributed by atoms with Crippen LogP contribution in [-0.4, -0.2) is 524 Å². The first kappa shape index (κ1) is 113. The van der Waals surface area contributed by atoms with Gasteiger partial charge in [-0.1, -0.05) is 6.42 Å². The molecule has 8 amide bonds. The molecular weight excluding hydrogens is 1920 g/mol. The van der Waals surface area contributed by atoms with Crippen molar-refractivity contribution >= 4 is 141 Å². The molecule has 0 radical (unpaired) electrons. The molecule has 0 spiro atoms. The van der Waals surface area contributed by atoms with Gasteiger partial charge < -0.3 is 200 Å². The van der Waals surface area contributed by atoms with Crippen LogP contribution in [0.3, 0.4) is 0 Å². The lowest BCUT2D eigenvalue weighted by atomic mass is 9.85. The summed E-state index contributed by atoms with van der Waals surface area (Å²) in [7, 11) is 11.0. The molecular formula is C76H128N8O40S8. The molecule has 40 unspecified atom stereocenters. The van der Waals surface area contributed by atoms with Crippen molar-refractivity contribution in [2.45, 2.75) is 259 Å². The van der Waals surface area contributed by atoms with E-state index >= 15 is 0 Å². The lowest BCUT2D eigenvalue weighted by Gasteiger charge is -2.50. The maximum atomic E-state index is 12.8. The van der Waals surface area contributed by atoms with Crippen LogP contribution in [0, 0.1) is 5.92 Å². The van der Waals surface area contributed by atoms with E-state index in [9.17, 15) is 120 Å². The third-order valence-electron chi connectivity index (χ3n) is 22.9. The molecule has 48 nitrogen and oxygen atoms in total. The van der Waals surface area contributed by atoms with Crippen LogP contribution in [0.15, 0.2) is 0 Å². The molecule has 27 saturated heterocycles. The molecule has 132 heavy (non-hydrogen) atoms. The molecule has 0 aromatic carbocycles. The number of rotatable bonds is 32. The van der Waals surface area contributed by atoms with Crippen LogP contribution in [0.4, 0.5) is 0 Å². The van der Waals surface area contributed by atoms with Crippen molar-refractivity contribution in [3.8, 4) is 0 Å². The number of nitrogens with one attached hydrogen (secondary N) is 8. The van der Waals surface area contributed by atoms with Crippen LogP contribution in [0.25, 0.3) is 0 Å². The summed E-state index contributed by atoms with van der Waals surface area (Å²) in [5, 5.41) is 215. The molecule has 0 aliphatic carbocycles. The van der Waals surface area contributed by atoms with Crippen molar-refractivity contribution in [3.05, 3.63) is 0 Å². The summed E-state index contributed by atoms with van der Waals surface area (Å²) in [5.74, 6) is -8.49. The van der Waals surface area contributed by atoms with Crippen molar-refractivity contribution in [3.63, 3.8) is 0 Å². The number of amides is 8. The molecule has 27 rings (SSSR count). The lowest BCUT2D eigenvalue weighted by Crippen LogP contribution is -2.68. The molecule has 56 heteroatoms. The zero-order valence-electron chi connectivity index (χ0n) is 73.5. The summed E-state index contributed by atoms with van der Waals surface area (Å²) in [6.45, 7) is -0.220. The van der Waals surface area contributed by atoms with E-state index in [0.717, 1.165) is 94.1 Å². The van der Waals surface area contributed by atoms with Gasteiger partial charge in [0.1, 0.15) is 134 Å². The number of hydrogen-bond donors (Lipinski definition) is 24. The van der Waals surface area contributed by atoms with Gasteiger partial charge in [0.05, 0.1) is 101 Å². The third kappa shape index (κ3) is 30.7. The fraction of sp³-hybridized carbons (Fsp3) is 0.895. The van der Waals surface area contributed by atoms with Crippen molar-refractivity contribution in [2.24, 2.45) is 5.92 Å². The summed E-state index contributed by atoms with van der Waals surface area (Å²) >= 11 is 7.60. The van der Waals surface area contributed by atoms with Crippen LogP contribution in [0.1, 0.15) is 19.3 Å². The van der Waals surface area contributed by atoms with E-state index in [1.807, 2.05) is 0 Å². The maximum Gasteiger partial charge on any atom is 0.229 e. The third-order valence-corrected chi connectivity index (χ3v) is 31.2. The average molecular weight is 2050 g/mol. The molecule has 16 bridgehead atoms. The highest BCUT2D eigenvalue weighted by molar-refractivity contribution is 8.01. The van der Waals surface area contributed by atoms with Gasteiger partial charge in [0.15, 0.2) is 50.3 Å². The highest BCUT2D eigenvalue weighted by Crippen LogP contribution is 2.43. The minimum absolute atomic E-state index is 0.0254. The molecule has 40 atom stereocenters. The fourth-order valence-corrected chi connectivity index (χ4v) is 23.0. The van der Waals surface area contributed by atoms with Crippen LogP contribution >= 0.6 is 94.1 Å². The van der Waals surface area contributed by atoms with Crippen molar-refractivity contribution in [1.82, 2.24) is 42.5 Å². The standard InChI is InChI=1S/C76H128N8O40S8/c1-77-38(85)21-125-13-30-29-11-9-10-12-109-69-55(102)47(94)62(31(111-69)14-126-22-39(86)78-2)119-71-57(104)49(96)64(33(113-71)16-128-24-41(88)80-4)121-73-59(106)51(98)66(35(115-73)18-130-26-43(90)82-6)123-75-61(108)53(100)68(37(117-75)20-132-28-45(92)84-8)124-76-60(107)52(99)67(36(116-76)19-131-27-44(91)83-7)122-74-58(105)50(97)65(34(114-74)17-129-25-42(89)81-5)120-72-56(103)48(95)63(118-70(110-30)54(101)46(29)93)32(112-72)15-127-23-40(87)79-3/h29-37,46-76,93-108H,9-28H2,1-8H3,(H,77,85)(H,78,86)(H,79,87)(H,80,88)(H,81,89)(H,82,90)(H,83,91)(H,84,92). The van der Waals surface area contributed by atoms with Gasteiger partial charge in [-0.25, -0.2) is 0 Å². The largest absolute Gasteiger partial charge is 0.390 e. The highest BCUT2D eigenvalue weighted by Gasteiger charge is 2.60. The van der Waals surface area contributed by atoms with Crippen LogP contribution in [-0.2, 0) is 114 Å². The van der Waals surface area contributed by atoms with Gasteiger partial charge >= 0.3 is 0 Å². The summed E-state index contributed by atoms with van der Waals surface area (Å²) in [6, 6.07) is 0. The first-order chi connectivity index (χ1) is 63.0. The number of ether oxygens (including phenoxy) is 16. The van der Waals surface area contributed by atoms with Gasteiger partial charge in [0.2, 0.25) is 47.3 Å². The second kappa shape index (κ2) is 55.6. The van der Waals surface area contributed by atoms with Crippen molar-refractivity contribution in [1.29, 1.82) is 0 Å². The van der Waals surface area contributed by atoms with E-state index in [1.54, 1.807) is 0 Å². The molecule has 0 aromatic heterocycles. The van der Waals surface area contributed by atoms with E-state index < -0.39 is 287 Å². The fourth-order valence-electron chi connectivity index (χ4n) is 15.4. The van der Waals surface area contributed by atoms with E-state index in [0.29, 0.717) is 0 Å². The Bertz CT molecular complexity index is 3540. The van der Waals surface area contributed by atoms with E-state index in [-0.39, 0.29) is 124 Å². The quantitative estimate of drug-likeness (QED) is 0.0297. The molecule has 27 heterocycles. The average Bonchev–Trinajstić information content (AvgIpc) is 0.767. The van der Waals surface area contributed by atoms with E-state index in [1.165, 1.54) is 56.4 Å². The molecule has 24 N–H and O–H groups in total. The van der Waals surface area contributed by atoms with Crippen LogP contribution < -0.4 is 42.5 Å². The Morgan fingerprint density at radius 3 is 0.561 bits per heavy atom. The smallest absolute Gasteiger partial charge is 0.229 e.